The molecule has 1 saturated heterocycles. The molecule has 6 atom stereocenters. The molecule has 1 aliphatic heterocycles. The van der Waals surface area contributed by atoms with Gasteiger partial charge in [-0.3, -0.25) is 9.59 Å². The number of unbranched alkanes of at least 4 members (excludes halogenated alkanes) is 28. The molecule has 10 heteroatoms. The number of allylic oxidation sites excluding steroid dienone is 4. The second-order valence-electron chi connectivity index (χ2n) is 17.6. The number of hydrogen-bond donors (Lipinski definition) is 4. The average molecular weight is 867 g/mol. The highest BCUT2D eigenvalue weighted by molar-refractivity contribution is 5.70. The molecule has 0 aromatic heterocycles. The number of aliphatic hydroxyl groups is 4. The summed E-state index contributed by atoms with van der Waals surface area (Å²) in [7, 11) is 0. The molecule has 0 aliphatic carbocycles. The van der Waals surface area contributed by atoms with Gasteiger partial charge in [-0.1, -0.05) is 199 Å². The highest BCUT2D eigenvalue weighted by Crippen LogP contribution is 2.23. The highest BCUT2D eigenvalue weighted by atomic mass is 16.7. The Labute approximate surface area is 373 Å². The van der Waals surface area contributed by atoms with Crippen molar-refractivity contribution in [1.29, 1.82) is 0 Å². The van der Waals surface area contributed by atoms with Crippen molar-refractivity contribution in [3.63, 3.8) is 0 Å². The van der Waals surface area contributed by atoms with Crippen LogP contribution in [0.15, 0.2) is 24.3 Å². The molecule has 1 heterocycles. The van der Waals surface area contributed by atoms with Gasteiger partial charge in [-0.15, -0.1) is 0 Å². The lowest BCUT2D eigenvalue weighted by molar-refractivity contribution is -0.305. The van der Waals surface area contributed by atoms with Crippen molar-refractivity contribution in [3.05, 3.63) is 24.3 Å². The van der Waals surface area contributed by atoms with Crippen LogP contribution in [-0.2, 0) is 28.5 Å². The minimum atomic E-state index is -1.60. The van der Waals surface area contributed by atoms with Crippen LogP contribution >= 0.6 is 0 Å². The second kappa shape index (κ2) is 42.1. The Morgan fingerprint density at radius 1 is 0.508 bits per heavy atom. The molecule has 0 radical (unpaired) electrons. The molecule has 10 nitrogen and oxygen atoms in total. The predicted molar refractivity (Wildman–Crippen MR) is 247 cm³/mol. The fourth-order valence-electron chi connectivity index (χ4n) is 7.81. The fraction of sp³-hybridized carbons (Fsp3) is 0.882. The van der Waals surface area contributed by atoms with Gasteiger partial charge in [0.25, 0.3) is 0 Å². The van der Waals surface area contributed by atoms with Crippen LogP contribution in [-0.4, -0.2) is 89.0 Å². The number of ether oxygens (including phenoxy) is 4. The van der Waals surface area contributed by atoms with Crippen molar-refractivity contribution in [2.75, 3.05) is 19.8 Å². The summed E-state index contributed by atoms with van der Waals surface area (Å²) in [6, 6.07) is 0. The summed E-state index contributed by atoms with van der Waals surface area (Å²) in [4.78, 5) is 25.4. The third-order valence-electron chi connectivity index (χ3n) is 11.8. The molecule has 1 aliphatic rings. The Bertz CT molecular complexity index is 1050. The monoisotopic (exact) mass is 867 g/mol. The maximum Gasteiger partial charge on any atom is 0.306 e. The number of carbonyl (C=O) groups is 2. The first-order valence-corrected chi connectivity index (χ1v) is 25.4. The third kappa shape index (κ3) is 33.4. The Kier molecular flexibility index (Phi) is 39.5. The van der Waals surface area contributed by atoms with Crippen LogP contribution in [0, 0.1) is 0 Å². The molecular formula is C51H94O10. The second-order valence-corrected chi connectivity index (χ2v) is 17.6. The van der Waals surface area contributed by atoms with Gasteiger partial charge in [0.2, 0.25) is 0 Å². The maximum absolute atomic E-state index is 12.8. The molecule has 61 heavy (non-hydrogen) atoms. The van der Waals surface area contributed by atoms with E-state index in [4.69, 9.17) is 18.9 Å². The van der Waals surface area contributed by atoms with E-state index in [1.165, 1.54) is 148 Å². The smallest absolute Gasteiger partial charge is 0.306 e. The lowest BCUT2D eigenvalue weighted by atomic mass is 9.99. The normalized spacial score (nSPS) is 19.9. The van der Waals surface area contributed by atoms with E-state index in [1.807, 2.05) is 0 Å². The molecule has 0 amide bonds. The standard InChI is InChI=1S/C51H94O10/c1-3-5-7-9-11-13-15-17-19-20-21-22-23-24-26-28-30-32-34-36-38-40-47(54)60-44(43-59-51-50(57)49(56)48(55)45(41-52)61-51)42-58-46(53)39-37-35-33-31-29-27-25-18-16-14-12-10-8-6-4-2/h18,25,29,31,44-45,48-52,55-57H,3-17,19-24,26-28,30,32-43H2,1-2H3/b25-18+,31-29+/t44-,45-,48+,49?,50?,51-/m1/s1. The van der Waals surface area contributed by atoms with E-state index < -0.39 is 55.4 Å². The SMILES string of the molecule is CCCCCCCC/C=C/C/C=C/CCCCC(=O)OC[C@H](CO[C@@H]1O[C@H](CO)[C@H](O)C(O)C1O)OC(=O)CCCCCCCCCCCCCCCCCCCCCCC. The van der Waals surface area contributed by atoms with E-state index in [2.05, 4.69) is 38.2 Å². The van der Waals surface area contributed by atoms with Crippen LogP contribution in [0.2, 0.25) is 0 Å². The minimum absolute atomic E-state index is 0.228. The summed E-state index contributed by atoms with van der Waals surface area (Å²) >= 11 is 0. The number of esters is 2. The highest BCUT2D eigenvalue weighted by Gasteiger charge is 2.44. The van der Waals surface area contributed by atoms with E-state index in [1.54, 1.807) is 0 Å². The van der Waals surface area contributed by atoms with Crippen LogP contribution in [0.25, 0.3) is 0 Å². The largest absolute Gasteiger partial charge is 0.462 e. The molecule has 4 N–H and O–H groups in total. The van der Waals surface area contributed by atoms with E-state index >= 15 is 0 Å². The van der Waals surface area contributed by atoms with E-state index in [9.17, 15) is 30.0 Å². The van der Waals surface area contributed by atoms with Crippen molar-refractivity contribution in [2.45, 2.75) is 269 Å². The van der Waals surface area contributed by atoms with Gasteiger partial charge in [0, 0.05) is 12.8 Å². The number of rotatable bonds is 43. The van der Waals surface area contributed by atoms with Gasteiger partial charge in [-0.05, 0) is 44.9 Å². The van der Waals surface area contributed by atoms with Crippen LogP contribution in [0.3, 0.4) is 0 Å². The van der Waals surface area contributed by atoms with Gasteiger partial charge >= 0.3 is 11.9 Å². The van der Waals surface area contributed by atoms with Gasteiger partial charge in [0.1, 0.15) is 31.0 Å². The molecule has 0 aromatic carbocycles. The zero-order valence-electron chi connectivity index (χ0n) is 39.2. The number of hydrogen-bond acceptors (Lipinski definition) is 10. The van der Waals surface area contributed by atoms with Crippen molar-refractivity contribution in [2.24, 2.45) is 0 Å². The Morgan fingerprint density at radius 2 is 0.918 bits per heavy atom. The van der Waals surface area contributed by atoms with Crippen molar-refractivity contribution in [1.82, 2.24) is 0 Å². The van der Waals surface area contributed by atoms with Gasteiger partial charge < -0.3 is 39.4 Å². The Balaban J connectivity index is 2.26. The molecule has 0 aromatic rings. The summed E-state index contributed by atoms with van der Waals surface area (Å²) in [5, 5.41) is 40.2. The van der Waals surface area contributed by atoms with Gasteiger partial charge in [0.15, 0.2) is 12.4 Å². The molecule has 1 rings (SSSR count). The topological polar surface area (TPSA) is 152 Å². The lowest BCUT2D eigenvalue weighted by Crippen LogP contribution is -2.59. The summed E-state index contributed by atoms with van der Waals surface area (Å²) in [5.41, 5.74) is 0. The van der Waals surface area contributed by atoms with Crippen molar-refractivity contribution < 1.29 is 49.0 Å². The Hall–Kier alpha value is -1.82. The maximum atomic E-state index is 12.8. The molecule has 0 saturated carbocycles. The molecule has 0 spiro atoms. The van der Waals surface area contributed by atoms with Crippen LogP contribution < -0.4 is 0 Å². The summed E-state index contributed by atoms with van der Waals surface area (Å²) in [6.45, 7) is 3.42. The first-order chi connectivity index (χ1) is 29.8. The Morgan fingerprint density at radius 3 is 1.39 bits per heavy atom. The summed E-state index contributed by atoms with van der Waals surface area (Å²) in [6.07, 6.45) is 40.5. The zero-order valence-corrected chi connectivity index (χ0v) is 39.2. The van der Waals surface area contributed by atoms with Crippen molar-refractivity contribution in [3.8, 4) is 0 Å². The summed E-state index contributed by atoms with van der Waals surface area (Å²) < 4.78 is 22.2. The third-order valence-corrected chi connectivity index (χ3v) is 11.8. The number of carbonyl (C=O) groups excluding carboxylic acids is 2. The summed E-state index contributed by atoms with van der Waals surface area (Å²) in [5.74, 6) is -0.833. The van der Waals surface area contributed by atoms with Gasteiger partial charge in [-0.25, -0.2) is 0 Å². The average Bonchev–Trinajstić information content (AvgIpc) is 3.26. The minimum Gasteiger partial charge on any atom is -0.462 e. The first-order valence-electron chi connectivity index (χ1n) is 25.4. The van der Waals surface area contributed by atoms with E-state index in [0.29, 0.717) is 12.8 Å². The lowest BCUT2D eigenvalue weighted by Gasteiger charge is -2.39. The molecule has 0 bridgehead atoms. The van der Waals surface area contributed by atoms with Crippen LogP contribution in [0.4, 0.5) is 0 Å². The van der Waals surface area contributed by atoms with E-state index in [0.717, 1.165) is 44.9 Å². The van der Waals surface area contributed by atoms with E-state index in [-0.39, 0.29) is 26.1 Å². The predicted octanol–water partition coefficient (Wildman–Crippen LogP) is 11.7. The fourth-order valence-corrected chi connectivity index (χ4v) is 7.81. The van der Waals surface area contributed by atoms with Crippen LogP contribution in [0.5, 0.6) is 0 Å². The van der Waals surface area contributed by atoms with Gasteiger partial charge in [0.05, 0.1) is 13.2 Å². The van der Waals surface area contributed by atoms with Crippen LogP contribution in [0.1, 0.15) is 232 Å². The van der Waals surface area contributed by atoms with Crippen molar-refractivity contribution >= 4 is 11.9 Å². The quantitative estimate of drug-likeness (QED) is 0.0265. The molecule has 2 unspecified atom stereocenters. The van der Waals surface area contributed by atoms with Gasteiger partial charge in [-0.2, -0.15) is 0 Å². The zero-order chi connectivity index (χ0) is 44.4. The first kappa shape index (κ1) is 57.2. The number of aliphatic hydroxyl groups excluding tert-OH is 4. The molecule has 358 valence electrons. The molecule has 1 fully saturated rings. The molecular weight excluding hydrogens is 773 g/mol.